The number of hydrogen-bond acceptors (Lipinski definition) is 3. The smallest absolute Gasteiger partial charge is 0.242 e. The molecule has 0 fully saturated rings. The van der Waals surface area contributed by atoms with Crippen molar-refractivity contribution in [2.45, 2.75) is 51.2 Å². The average Bonchev–Trinajstić information content (AvgIpc) is 3.04. The molecule has 2 aromatic carbocycles. The van der Waals surface area contributed by atoms with Crippen LogP contribution in [0.2, 0.25) is 0 Å². The fourth-order valence-electron chi connectivity index (χ4n) is 3.72. The van der Waals surface area contributed by atoms with Gasteiger partial charge in [0.25, 0.3) is 0 Å². The van der Waals surface area contributed by atoms with Gasteiger partial charge < -0.3 is 14.8 Å². The first-order chi connectivity index (χ1) is 14.4. The fraction of sp³-hybridized carbons (Fsp3) is 0.333. The van der Waals surface area contributed by atoms with Gasteiger partial charge in [0.1, 0.15) is 6.54 Å². The van der Waals surface area contributed by atoms with Crippen LogP contribution < -0.4 is 5.32 Å². The Morgan fingerprint density at radius 2 is 1.60 bits per heavy atom. The summed E-state index contributed by atoms with van der Waals surface area (Å²) in [5.41, 5.74) is 1.79. The molecule has 1 aromatic heterocycles. The third-order valence-corrected chi connectivity index (χ3v) is 5.92. The zero-order chi connectivity index (χ0) is 21.7. The van der Waals surface area contributed by atoms with Crippen molar-refractivity contribution < 1.29 is 9.59 Å². The molecule has 0 aliphatic rings. The second-order valence-electron chi connectivity index (χ2n) is 7.83. The minimum atomic E-state index is -0.0510. The quantitative estimate of drug-likeness (QED) is 0.518. The highest BCUT2D eigenvalue weighted by Crippen LogP contribution is 2.30. The molecule has 0 spiro atoms. The minimum Gasteiger partial charge on any atom is -0.337 e. The number of benzene rings is 2. The third-order valence-electron chi connectivity index (χ3n) is 4.87. The molecule has 3 aromatic rings. The second-order valence-corrected chi connectivity index (χ2v) is 8.85. The van der Waals surface area contributed by atoms with Gasteiger partial charge in [-0.25, -0.2) is 0 Å². The molecule has 0 bridgehead atoms. The molecule has 158 valence electrons. The van der Waals surface area contributed by atoms with Crippen molar-refractivity contribution in [2.24, 2.45) is 0 Å². The predicted molar refractivity (Wildman–Crippen MR) is 125 cm³/mol. The number of nitrogens with one attached hydrogen (secondary N) is 1. The summed E-state index contributed by atoms with van der Waals surface area (Å²) in [6.45, 7) is 8.45. The van der Waals surface area contributed by atoms with Gasteiger partial charge in [-0.2, -0.15) is 0 Å². The van der Waals surface area contributed by atoms with E-state index in [9.17, 15) is 9.59 Å². The lowest BCUT2D eigenvalue weighted by atomic mass is 10.2. The van der Waals surface area contributed by atoms with Crippen molar-refractivity contribution in [3.63, 3.8) is 0 Å². The maximum Gasteiger partial charge on any atom is 0.242 e. The van der Waals surface area contributed by atoms with Gasteiger partial charge in [-0.05, 0) is 45.9 Å². The highest BCUT2D eigenvalue weighted by molar-refractivity contribution is 8.00. The lowest BCUT2D eigenvalue weighted by Gasteiger charge is -2.31. The van der Waals surface area contributed by atoms with Gasteiger partial charge in [-0.1, -0.05) is 36.4 Å². The molecule has 0 unspecified atom stereocenters. The van der Waals surface area contributed by atoms with E-state index in [0.717, 1.165) is 21.5 Å². The lowest BCUT2D eigenvalue weighted by Crippen LogP contribution is -2.43. The van der Waals surface area contributed by atoms with Crippen LogP contribution in [0, 0.1) is 0 Å². The summed E-state index contributed by atoms with van der Waals surface area (Å²) in [5, 5.41) is 3.97. The Morgan fingerprint density at radius 1 is 0.967 bits per heavy atom. The molecule has 0 radical (unpaired) electrons. The summed E-state index contributed by atoms with van der Waals surface area (Å²) < 4.78 is 1.99. The van der Waals surface area contributed by atoms with Crippen LogP contribution in [-0.2, 0) is 16.1 Å². The first-order valence-electron chi connectivity index (χ1n) is 10.2. The van der Waals surface area contributed by atoms with E-state index < -0.39 is 0 Å². The van der Waals surface area contributed by atoms with E-state index in [0.29, 0.717) is 5.75 Å². The molecule has 30 heavy (non-hydrogen) atoms. The van der Waals surface area contributed by atoms with Crippen LogP contribution in [0.1, 0.15) is 27.7 Å². The number of rotatable bonds is 8. The highest BCUT2D eigenvalue weighted by atomic mass is 32.2. The Bertz CT molecular complexity index is 1000. The van der Waals surface area contributed by atoms with E-state index in [4.69, 9.17) is 0 Å². The highest BCUT2D eigenvalue weighted by Gasteiger charge is 2.21. The molecular formula is C24H29N3O2S. The van der Waals surface area contributed by atoms with Crippen LogP contribution >= 0.6 is 11.8 Å². The molecular weight excluding hydrogens is 394 g/mol. The van der Waals surface area contributed by atoms with Crippen molar-refractivity contribution in [3.05, 3.63) is 60.8 Å². The normalized spacial score (nSPS) is 11.3. The first-order valence-corrected chi connectivity index (χ1v) is 11.2. The van der Waals surface area contributed by atoms with E-state index in [1.54, 1.807) is 0 Å². The molecule has 0 atom stereocenters. The number of amides is 2. The van der Waals surface area contributed by atoms with Crippen LogP contribution in [0.15, 0.2) is 65.7 Å². The van der Waals surface area contributed by atoms with Crippen molar-refractivity contribution in [1.29, 1.82) is 0 Å². The fourth-order valence-corrected chi connectivity index (χ4v) is 4.61. The van der Waals surface area contributed by atoms with Crippen LogP contribution in [0.4, 0.5) is 5.69 Å². The monoisotopic (exact) mass is 423 g/mol. The molecule has 0 aliphatic heterocycles. The maximum atomic E-state index is 13.0. The van der Waals surface area contributed by atoms with Crippen molar-refractivity contribution in [1.82, 2.24) is 9.47 Å². The van der Waals surface area contributed by atoms with Gasteiger partial charge in [0.05, 0.1) is 5.75 Å². The number of carbonyl (C=O) groups is 2. The SMILES string of the molecule is CC(C)N(C(=O)Cn1cc(SCC(=O)Nc2ccccc2)c2ccccc21)C(C)C. The van der Waals surface area contributed by atoms with Crippen LogP contribution in [0.5, 0.6) is 0 Å². The molecule has 2 amide bonds. The van der Waals surface area contributed by atoms with E-state index >= 15 is 0 Å². The first kappa shape index (κ1) is 22.0. The number of nitrogens with zero attached hydrogens (tertiary/aromatic N) is 2. The van der Waals surface area contributed by atoms with E-state index in [1.165, 1.54) is 11.8 Å². The molecule has 0 saturated heterocycles. The third kappa shape index (κ3) is 5.25. The number of para-hydroxylation sites is 2. The topological polar surface area (TPSA) is 54.3 Å². The Hall–Kier alpha value is -2.73. The Balaban J connectivity index is 1.75. The number of carbonyl (C=O) groups excluding carboxylic acids is 2. The molecule has 3 rings (SSSR count). The summed E-state index contributed by atoms with van der Waals surface area (Å²) in [4.78, 5) is 28.2. The molecule has 0 saturated carbocycles. The molecule has 1 heterocycles. The predicted octanol–water partition coefficient (Wildman–Crippen LogP) is 5.02. The van der Waals surface area contributed by atoms with Crippen LogP contribution in [0.3, 0.4) is 0 Å². The Morgan fingerprint density at radius 3 is 2.27 bits per heavy atom. The lowest BCUT2D eigenvalue weighted by molar-refractivity contribution is -0.135. The van der Waals surface area contributed by atoms with Crippen molar-refractivity contribution >= 4 is 40.2 Å². The molecule has 0 aliphatic carbocycles. The number of anilines is 1. The summed E-state index contributed by atoms with van der Waals surface area (Å²) in [6, 6.07) is 17.8. The van der Waals surface area contributed by atoms with Crippen LogP contribution in [-0.4, -0.2) is 39.1 Å². The molecule has 5 nitrogen and oxygen atoms in total. The summed E-state index contributed by atoms with van der Waals surface area (Å²) in [7, 11) is 0. The largest absolute Gasteiger partial charge is 0.337 e. The zero-order valence-corrected chi connectivity index (χ0v) is 18.8. The standard InChI is InChI=1S/C24H29N3O2S/c1-17(2)27(18(3)4)24(29)15-26-14-22(20-12-8-9-13-21(20)26)30-16-23(28)25-19-10-6-5-7-11-19/h5-14,17-18H,15-16H2,1-4H3,(H,25,28). The maximum absolute atomic E-state index is 13.0. The Labute approximate surface area is 182 Å². The number of fused-ring (bicyclic) bond motifs is 1. The van der Waals surface area contributed by atoms with E-state index in [1.807, 2.05) is 98.0 Å². The second kappa shape index (κ2) is 9.85. The number of thioether (sulfide) groups is 1. The number of aromatic nitrogens is 1. The Kier molecular flexibility index (Phi) is 7.21. The van der Waals surface area contributed by atoms with Crippen LogP contribution in [0.25, 0.3) is 10.9 Å². The van der Waals surface area contributed by atoms with Gasteiger partial charge in [-0.15, -0.1) is 11.8 Å². The summed E-state index contributed by atoms with van der Waals surface area (Å²) in [5.74, 6) is 0.352. The van der Waals surface area contributed by atoms with Gasteiger partial charge in [0.2, 0.25) is 11.8 Å². The van der Waals surface area contributed by atoms with Gasteiger partial charge >= 0.3 is 0 Å². The van der Waals surface area contributed by atoms with E-state index in [2.05, 4.69) is 5.32 Å². The zero-order valence-electron chi connectivity index (χ0n) is 18.0. The molecule has 1 N–H and O–H groups in total. The summed E-state index contributed by atoms with van der Waals surface area (Å²) in [6.07, 6.45) is 1.99. The number of hydrogen-bond donors (Lipinski definition) is 1. The van der Waals surface area contributed by atoms with Crippen molar-refractivity contribution in [2.75, 3.05) is 11.1 Å². The summed E-state index contributed by atoms with van der Waals surface area (Å²) >= 11 is 1.49. The van der Waals surface area contributed by atoms with Gasteiger partial charge in [0.15, 0.2) is 0 Å². The minimum absolute atomic E-state index is 0.0510. The van der Waals surface area contributed by atoms with Gasteiger partial charge in [0, 0.05) is 39.8 Å². The van der Waals surface area contributed by atoms with E-state index in [-0.39, 0.29) is 30.4 Å². The van der Waals surface area contributed by atoms with Crippen molar-refractivity contribution in [3.8, 4) is 0 Å². The molecule has 6 heteroatoms. The average molecular weight is 424 g/mol. The van der Waals surface area contributed by atoms with Gasteiger partial charge in [-0.3, -0.25) is 9.59 Å².